The van der Waals surface area contributed by atoms with Crippen molar-refractivity contribution in [3.63, 3.8) is 0 Å². The fourth-order valence-corrected chi connectivity index (χ4v) is 3.36. The highest BCUT2D eigenvalue weighted by Crippen LogP contribution is 2.14. The van der Waals surface area contributed by atoms with Gasteiger partial charge in [0, 0.05) is 25.2 Å². The summed E-state index contributed by atoms with van der Waals surface area (Å²) in [7, 11) is 0. The van der Waals surface area contributed by atoms with Gasteiger partial charge < -0.3 is 15.5 Å². The number of nitrogens with one attached hydrogen (secondary N) is 2. The molecule has 1 atom stereocenters. The maximum absolute atomic E-state index is 13.0. The molecule has 0 fully saturated rings. The van der Waals surface area contributed by atoms with Gasteiger partial charge in [-0.3, -0.25) is 4.79 Å². The van der Waals surface area contributed by atoms with E-state index in [2.05, 4.69) is 10.6 Å². The van der Waals surface area contributed by atoms with Crippen molar-refractivity contribution >= 4 is 17.6 Å². The molecule has 0 aliphatic heterocycles. The molecule has 0 heterocycles. The molecule has 3 aromatic rings. The Morgan fingerprint density at radius 1 is 0.903 bits per heavy atom. The Hall–Kier alpha value is -3.60. The predicted octanol–water partition coefficient (Wildman–Crippen LogP) is 5.30. The SMILES string of the molecule is Cc1cccc(NC(=O)N(CCC(=O)NC(C)c2ccccc2)Cc2ccccc2)c1. The lowest BCUT2D eigenvalue weighted by Crippen LogP contribution is -2.38. The van der Waals surface area contributed by atoms with Crippen LogP contribution in [0.5, 0.6) is 0 Å². The van der Waals surface area contributed by atoms with Gasteiger partial charge >= 0.3 is 6.03 Å². The second-order valence-electron chi connectivity index (χ2n) is 7.66. The van der Waals surface area contributed by atoms with Crippen LogP contribution in [0.4, 0.5) is 10.5 Å². The smallest absolute Gasteiger partial charge is 0.322 e. The fourth-order valence-electron chi connectivity index (χ4n) is 3.36. The van der Waals surface area contributed by atoms with Gasteiger partial charge in [0.05, 0.1) is 6.04 Å². The van der Waals surface area contributed by atoms with Gasteiger partial charge in [0.25, 0.3) is 0 Å². The largest absolute Gasteiger partial charge is 0.350 e. The van der Waals surface area contributed by atoms with E-state index >= 15 is 0 Å². The summed E-state index contributed by atoms with van der Waals surface area (Å²) in [4.78, 5) is 27.2. The zero-order valence-corrected chi connectivity index (χ0v) is 18.0. The summed E-state index contributed by atoms with van der Waals surface area (Å²) in [5, 5.41) is 5.96. The molecule has 0 aliphatic rings. The molecule has 0 saturated heterocycles. The van der Waals surface area contributed by atoms with Gasteiger partial charge in [0.1, 0.15) is 0 Å². The molecule has 0 spiro atoms. The Morgan fingerprint density at radius 2 is 1.58 bits per heavy atom. The van der Waals surface area contributed by atoms with Gasteiger partial charge in [0.15, 0.2) is 0 Å². The summed E-state index contributed by atoms with van der Waals surface area (Å²) in [5.41, 5.74) is 3.88. The normalized spacial score (nSPS) is 11.4. The van der Waals surface area contributed by atoms with E-state index in [1.165, 1.54) is 0 Å². The standard InChI is InChI=1S/C26H29N3O2/c1-20-10-9-15-24(18-20)28-26(31)29(19-22-11-5-3-6-12-22)17-16-25(30)27-21(2)23-13-7-4-8-14-23/h3-15,18,21H,16-17,19H2,1-2H3,(H,27,30)(H,28,31). The van der Waals surface area contributed by atoms with Gasteiger partial charge in [-0.1, -0.05) is 72.8 Å². The second kappa shape index (κ2) is 11.0. The summed E-state index contributed by atoms with van der Waals surface area (Å²) >= 11 is 0. The third kappa shape index (κ3) is 7.00. The number of anilines is 1. The van der Waals surface area contributed by atoms with Crippen molar-refractivity contribution in [3.8, 4) is 0 Å². The molecule has 0 bridgehead atoms. The Labute approximate surface area is 184 Å². The van der Waals surface area contributed by atoms with Crippen molar-refractivity contribution in [1.82, 2.24) is 10.2 Å². The van der Waals surface area contributed by atoms with Crippen molar-refractivity contribution in [2.75, 3.05) is 11.9 Å². The number of hydrogen-bond acceptors (Lipinski definition) is 2. The van der Waals surface area contributed by atoms with Crippen LogP contribution in [0.2, 0.25) is 0 Å². The molecule has 2 N–H and O–H groups in total. The molecule has 0 aromatic heterocycles. The van der Waals surface area contributed by atoms with Gasteiger partial charge in [-0.25, -0.2) is 4.79 Å². The molecule has 5 nitrogen and oxygen atoms in total. The van der Waals surface area contributed by atoms with E-state index in [1.807, 2.05) is 98.8 Å². The summed E-state index contributed by atoms with van der Waals surface area (Å²) < 4.78 is 0. The molecule has 0 aliphatic carbocycles. The zero-order chi connectivity index (χ0) is 22.1. The summed E-state index contributed by atoms with van der Waals surface area (Å²) in [6, 6.07) is 27.0. The molecular weight excluding hydrogens is 386 g/mol. The lowest BCUT2D eigenvalue weighted by Gasteiger charge is -2.24. The third-order valence-corrected chi connectivity index (χ3v) is 5.06. The molecule has 3 rings (SSSR count). The number of rotatable bonds is 8. The minimum absolute atomic E-state index is 0.0854. The second-order valence-corrected chi connectivity index (χ2v) is 7.66. The topological polar surface area (TPSA) is 61.4 Å². The average molecular weight is 416 g/mol. The Bertz CT molecular complexity index is 990. The van der Waals surface area contributed by atoms with Crippen LogP contribution >= 0.6 is 0 Å². The van der Waals surface area contributed by atoms with E-state index in [0.717, 1.165) is 22.4 Å². The minimum atomic E-state index is -0.224. The number of hydrogen-bond donors (Lipinski definition) is 2. The van der Waals surface area contributed by atoms with Crippen LogP contribution in [0.25, 0.3) is 0 Å². The molecule has 160 valence electrons. The highest BCUT2D eigenvalue weighted by molar-refractivity contribution is 5.89. The third-order valence-electron chi connectivity index (χ3n) is 5.06. The number of carbonyl (C=O) groups excluding carboxylic acids is 2. The van der Waals surface area contributed by atoms with Crippen LogP contribution in [0.1, 0.15) is 36.1 Å². The van der Waals surface area contributed by atoms with Gasteiger partial charge in [-0.15, -0.1) is 0 Å². The lowest BCUT2D eigenvalue weighted by molar-refractivity contribution is -0.121. The molecule has 0 saturated carbocycles. The van der Waals surface area contributed by atoms with E-state index in [-0.39, 0.29) is 24.4 Å². The Morgan fingerprint density at radius 3 is 2.26 bits per heavy atom. The highest BCUT2D eigenvalue weighted by atomic mass is 16.2. The number of nitrogens with zero attached hydrogens (tertiary/aromatic N) is 1. The van der Waals surface area contributed by atoms with Gasteiger partial charge in [-0.05, 0) is 42.7 Å². The molecule has 5 heteroatoms. The first-order chi connectivity index (χ1) is 15.0. The van der Waals surface area contributed by atoms with Crippen LogP contribution in [0.3, 0.4) is 0 Å². The first-order valence-corrected chi connectivity index (χ1v) is 10.5. The van der Waals surface area contributed by atoms with Crippen molar-refractivity contribution in [2.24, 2.45) is 0 Å². The summed E-state index contributed by atoms with van der Waals surface area (Å²) in [6.45, 7) is 4.69. The summed E-state index contributed by atoms with van der Waals surface area (Å²) in [5.74, 6) is -0.0854. The highest BCUT2D eigenvalue weighted by Gasteiger charge is 2.17. The monoisotopic (exact) mass is 415 g/mol. The predicted molar refractivity (Wildman–Crippen MR) is 125 cm³/mol. The number of aryl methyl sites for hydroxylation is 1. The molecule has 3 aromatic carbocycles. The quantitative estimate of drug-likeness (QED) is 0.525. The lowest BCUT2D eigenvalue weighted by atomic mass is 10.1. The fraction of sp³-hybridized carbons (Fsp3) is 0.231. The van der Waals surface area contributed by atoms with E-state index in [0.29, 0.717) is 13.1 Å². The number of amides is 3. The van der Waals surface area contributed by atoms with Gasteiger partial charge in [0.2, 0.25) is 5.91 Å². The Balaban J connectivity index is 1.63. The number of carbonyl (C=O) groups is 2. The van der Waals surface area contributed by atoms with Gasteiger partial charge in [-0.2, -0.15) is 0 Å². The van der Waals surface area contributed by atoms with Crippen molar-refractivity contribution < 1.29 is 9.59 Å². The number of urea groups is 1. The Kier molecular flexibility index (Phi) is 7.82. The maximum Gasteiger partial charge on any atom is 0.322 e. The molecule has 31 heavy (non-hydrogen) atoms. The van der Waals surface area contributed by atoms with Crippen LogP contribution < -0.4 is 10.6 Å². The number of benzene rings is 3. The minimum Gasteiger partial charge on any atom is -0.350 e. The van der Waals surface area contributed by atoms with Crippen molar-refractivity contribution in [2.45, 2.75) is 32.9 Å². The van der Waals surface area contributed by atoms with E-state index < -0.39 is 0 Å². The van der Waals surface area contributed by atoms with E-state index in [1.54, 1.807) is 4.90 Å². The first-order valence-electron chi connectivity index (χ1n) is 10.5. The van der Waals surface area contributed by atoms with Crippen molar-refractivity contribution in [3.05, 3.63) is 102 Å². The molecule has 3 amide bonds. The first kappa shape index (κ1) is 22.1. The van der Waals surface area contributed by atoms with Crippen LogP contribution in [0, 0.1) is 6.92 Å². The van der Waals surface area contributed by atoms with E-state index in [4.69, 9.17) is 0 Å². The average Bonchev–Trinajstić information content (AvgIpc) is 2.78. The van der Waals surface area contributed by atoms with Crippen LogP contribution in [-0.4, -0.2) is 23.4 Å². The zero-order valence-electron chi connectivity index (χ0n) is 18.0. The van der Waals surface area contributed by atoms with Crippen molar-refractivity contribution in [1.29, 1.82) is 0 Å². The van der Waals surface area contributed by atoms with E-state index in [9.17, 15) is 9.59 Å². The van der Waals surface area contributed by atoms with Crippen LogP contribution in [-0.2, 0) is 11.3 Å². The molecule has 1 unspecified atom stereocenters. The summed E-state index contributed by atoms with van der Waals surface area (Å²) in [6.07, 6.45) is 0.227. The molecular formula is C26H29N3O2. The maximum atomic E-state index is 13.0. The molecule has 0 radical (unpaired) electrons. The van der Waals surface area contributed by atoms with Crippen LogP contribution in [0.15, 0.2) is 84.9 Å².